The molecule has 1 aliphatic rings. The molecule has 0 spiro atoms. The van der Waals surface area contributed by atoms with E-state index in [0.717, 1.165) is 31.2 Å². The molecular formula is C16H23NO3. The average molecular weight is 277 g/mol. The molecule has 4 nitrogen and oxygen atoms in total. The standard InChI is InChI=1S/C16H23NO3/c1-3-9-17-16(19)11(2)20-13-8-7-12-5-4-6-15(18)14(12)10-13/h7-8,10-11,15,18H,3-6,9H2,1-2H3,(H,17,19)/t11?,15-/m1/s1. The van der Waals surface area contributed by atoms with Gasteiger partial charge in [-0.25, -0.2) is 0 Å². The Kier molecular flexibility index (Phi) is 5.01. The van der Waals surface area contributed by atoms with Crippen LogP contribution in [-0.4, -0.2) is 23.7 Å². The fourth-order valence-electron chi connectivity index (χ4n) is 2.48. The van der Waals surface area contributed by atoms with Gasteiger partial charge in [0.15, 0.2) is 6.10 Å². The van der Waals surface area contributed by atoms with Crippen molar-refractivity contribution < 1.29 is 14.6 Å². The van der Waals surface area contributed by atoms with E-state index in [1.165, 1.54) is 5.56 Å². The smallest absolute Gasteiger partial charge is 0.260 e. The molecule has 0 saturated heterocycles. The molecule has 0 aromatic heterocycles. The summed E-state index contributed by atoms with van der Waals surface area (Å²) < 4.78 is 5.66. The number of nitrogens with one attached hydrogen (secondary N) is 1. The van der Waals surface area contributed by atoms with Gasteiger partial charge in [-0.15, -0.1) is 0 Å². The Hall–Kier alpha value is -1.55. The maximum absolute atomic E-state index is 11.8. The van der Waals surface area contributed by atoms with Gasteiger partial charge in [0.1, 0.15) is 5.75 Å². The molecule has 0 radical (unpaired) electrons. The molecule has 1 aromatic rings. The maximum atomic E-state index is 11.8. The summed E-state index contributed by atoms with van der Waals surface area (Å²) in [5.74, 6) is 0.536. The van der Waals surface area contributed by atoms with Crippen molar-refractivity contribution in [2.45, 2.75) is 51.7 Å². The van der Waals surface area contributed by atoms with Crippen LogP contribution in [0.5, 0.6) is 5.75 Å². The van der Waals surface area contributed by atoms with Crippen molar-refractivity contribution in [1.82, 2.24) is 5.32 Å². The predicted octanol–water partition coefficient (Wildman–Crippen LogP) is 2.35. The zero-order valence-corrected chi connectivity index (χ0v) is 12.2. The van der Waals surface area contributed by atoms with Gasteiger partial charge >= 0.3 is 0 Å². The van der Waals surface area contributed by atoms with E-state index in [1.807, 2.05) is 25.1 Å². The van der Waals surface area contributed by atoms with Crippen molar-refractivity contribution in [1.29, 1.82) is 0 Å². The largest absolute Gasteiger partial charge is 0.481 e. The van der Waals surface area contributed by atoms with Crippen molar-refractivity contribution in [3.63, 3.8) is 0 Å². The molecule has 0 bridgehead atoms. The summed E-state index contributed by atoms with van der Waals surface area (Å²) in [5.41, 5.74) is 2.12. The van der Waals surface area contributed by atoms with Gasteiger partial charge in [0, 0.05) is 6.54 Å². The first-order valence-corrected chi connectivity index (χ1v) is 7.37. The summed E-state index contributed by atoms with van der Waals surface area (Å²) in [6, 6.07) is 5.73. The molecule has 0 fully saturated rings. The Morgan fingerprint density at radius 3 is 3.10 bits per heavy atom. The van der Waals surface area contributed by atoms with Crippen LogP contribution >= 0.6 is 0 Å². The highest BCUT2D eigenvalue weighted by Crippen LogP contribution is 2.32. The number of hydrogen-bond donors (Lipinski definition) is 2. The first kappa shape index (κ1) is 14.9. The average Bonchev–Trinajstić information content (AvgIpc) is 2.45. The Morgan fingerprint density at radius 2 is 2.35 bits per heavy atom. The minimum absolute atomic E-state index is 0.106. The SMILES string of the molecule is CCCNC(=O)C(C)Oc1ccc2c(c1)[C@H](O)CCC2. The van der Waals surface area contributed by atoms with E-state index < -0.39 is 12.2 Å². The van der Waals surface area contributed by atoms with Crippen molar-refractivity contribution in [2.24, 2.45) is 0 Å². The van der Waals surface area contributed by atoms with Gasteiger partial charge in [-0.05, 0) is 55.9 Å². The van der Waals surface area contributed by atoms with Gasteiger partial charge in [-0.1, -0.05) is 13.0 Å². The number of amides is 1. The topological polar surface area (TPSA) is 58.6 Å². The minimum atomic E-state index is -0.527. The second kappa shape index (κ2) is 6.75. The van der Waals surface area contributed by atoms with Gasteiger partial charge in [-0.2, -0.15) is 0 Å². The maximum Gasteiger partial charge on any atom is 0.260 e. The van der Waals surface area contributed by atoms with Gasteiger partial charge in [0.2, 0.25) is 0 Å². The van der Waals surface area contributed by atoms with Crippen molar-refractivity contribution in [3.05, 3.63) is 29.3 Å². The molecule has 2 N–H and O–H groups in total. The fourth-order valence-corrected chi connectivity index (χ4v) is 2.48. The van der Waals surface area contributed by atoms with Crippen LogP contribution in [0.15, 0.2) is 18.2 Å². The van der Waals surface area contributed by atoms with Gasteiger partial charge in [0.05, 0.1) is 6.10 Å². The molecular weight excluding hydrogens is 254 g/mol. The van der Waals surface area contributed by atoms with Crippen molar-refractivity contribution >= 4 is 5.91 Å². The summed E-state index contributed by atoms with van der Waals surface area (Å²) in [7, 11) is 0. The Morgan fingerprint density at radius 1 is 1.55 bits per heavy atom. The lowest BCUT2D eigenvalue weighted by Gasteiger charge is -2.22. The van der Waals surface area contributed by atoms with Crippen LogP contribution in [-0.2, 0) is 11.2 Å². The number of aryl methyl sites for hydroxylation is 1. The molecule has 1 aliphatic carbocycles. The molecule has 0 aliphatic heterocycles. The van der Waals surface area contributed by atoms with Crippen LogP contribution in [0.3, 0.4) is 0 Å². The fraction of sp³-hybridized carbons (Fsp3) is 0.562. The number of fused-ring (bicyclic) bond motifs is 1. The van der Waals surface area contributed by atoms with Crippen LogP contribution in [0.25, 0.3) is 0 Å². The zero-order chi connectivity index (χ0) is 14.5. The minimum Gasteiger partial charge on any atom is -0.481 e. The third-order valence-electron chi connectivity index (χ3n) is 3.63. The number of hydrogen-bond acceptors (Lipinski definition) is 3. The number of carbonyl (C=O) groups is 1. The van der Waals surface area contributed by atoms with Crippen LogP contribution in [0, 0.1) is 0 Å². The molecule has 0 heterocycles. The van der Waals surface area contributed by atoms with Crippen molar-refractivity contribution in [2.75, 3.05) is 6.54 Å². The van der Waals surface area contributed by atoms with Crippen LogP contribution in [0.2, 0.25) is 0 Å². The molecule has 20 heavy (non-hydrogen) atoms. The third kappa shape index (κ3) is 3.51. The number of aliphatic hydroxyl groups excluding tert-OH is 1. The molecule has 2 atom stereocenters. The lowest BCUT2D eigenvalue weighted by molar-refractivity contribution is -0.127. The molecule has 1 aromatic carbocycles. The molecule has 0 saturated carbocycles. The van der Waals surface area contributed by atoms with Gasteiger partial charge in [-0.3, -0.25) is 4.79 Å². The monoisotopic (exact) mass is 277 g/mol. The molecule has 2 rings (SSSR count). The molecule has 110 valence electrons. The van der Waals surface area contributed by atoms with E-state index in [9.17, 15) is 9.90 Å². The number of aliphatic hydroxyl groups is 1. The highest BCUT2D eigenvalue weighted by molar-refractivity contribution is 5.80. The lowest BCUT2D eigenvalue weighted by atomic mass is 9.89. The Labute approximate surface area is 120 Å². The second-order valence-electron chi connectivity index (χ2n) is 5.32. The lowest BCUT2D eigenvalue weighted by Crippen LogP contribution is -2.36. The second-order valence-corrected chi connectivity index (χ2v) is 5.32. The van der Waals surface area contributed by atoms with E-state index in [0.29, 0.717) is 12.3 Å². The third-order valence-corrected chi connectivity index (χ3v) is 3.63. The Bertz CT molecular complexity index is 473. The van der Waals surface area contributed by atoms with E-state index in [-0.39, 0.29) is 5.91 Å². The summed E-state index contributed by atoms with van der Waals surface area (Å²) in [6.45, 7) is 4.41. The Balaban J connectivity index is 2.03. The van der Waals surface area contributed by atoms with E-state index >= 15 is 0 Å². The normalized spacial score (nSPS) is 19.1. The first-order valence-electron chi connectivity index (χ1n) is 7.37. The van der Waals surface area contributed by atoms with E-state index in [4.69, 9.17) is 4.74 Å². The van der Waals surface area contributed by atoms with Gasteiger partial charge in [0.25, 0.3) is 5.91 Å². The molecule has 4 heteroatoms. The van der Waals surface area contributed by atoms with Crippen LogP contribution in [0.4, 0.5) is 0 Å². The summed E-state index contributed by atoms with van der Waals surface area (Å²) in [5, 5.41) is 12.8. The van der Waals surface area contributed by atoms with Gasteiger partial charge < -0.3 is 15.2 Å². The number of carbonyl (C=O) groups excluding carboxylic acids is 1. The van der Waals surface area contributed by atoms with Crippen LogP contribution in [0.1, 0.15) is 50.3 Å². The quantitative estimate of drug-likeness (QED) is 0.868. The highest BCUT2D eigenvalue weighted by atomic mass is 16.5. The van der Waals surface area contributed by atoms with Crippen molar-refractivity contribution in [3.8, 4) is 5.75 Å². The highest BCUT2D eigenvalue weighted by Gasteiger charge is 2.20. The summed E-state index contributed by atoms with van der Waals surface area (Å²) in [6.07, 6.45) is 2.78. The predicted molar refractivity (Wildman–Crippen MR) is 77.7 cm³/mol. The number of benzene rings is 1. The molecule has 1 unspecified atom stereocenters. The van der Waals surface area contributed by atoms with Crippen LogP contribution < -0.4 is 10.1 Å². The first-order chi connectivity index (χ1) is 9.61. The van der Waals surface area contributed by atoms with E-state index in [2.05, 4.69) is 5.32 Å². The summed E-state index contributed by atoms with van der Waals surface area (Å²) >= 11 is 0. The summed E-state index contributed by atoms with van der Waals surface area (Å²) in [4.78, 5) is 11.8. The number of rotatable bonds is 5. The van der Waals surface area contributed by atoms with E-state index in [1.54, 1.807) is 6.92 Å². The number of ether oxygens (including phenoxy) is 1. The zero-order valence-electron chi connectivity index (χ0n) is 12.2. The molecule has 1 amide bonds.